The van der Waals surface area contributed by atoms with Crippen molar-refractivity contribution in [2.75, 3.05) is 5.32 Å². The third-order valence-corrected chi connectivity index (χ3v) is 3.60. The number of anilines is 1. The van der Waals surface area contributed by atoms with Crippen LogP contribution in [0.5, 0.6) is 5.75 Å². The van der Waals surface area contributed by atoms with Crippen molar-refractivity contribution in [1.82, 2.24) is 0 Å². The Kier molecular flexibility index (Phi) is 5.89. The third kappa shape index (κ3) is 4.55. The first-order valence-electron chi connectivity index (χ1n) is 7.84. The van der Waals surface area contributed by atoms with Crippen LogP contribution in [-0.2, 0) is 11.2 Å². The van der Waals surface area contributed by atoms with Crippen LogP contribution in [0.3, 0.4) is 0 Å². The molecule has 0 unspecified atom stereocenters. The highest BCUT2D eigenvalue weighted by Gasteiger charge is 2.19. The van der Waals surface area contributed by atoms with Crippen LogP contribution in [0.25, 0.3) is 0 Å². The highest BCUT2D eigenvalue weighted by Crippen LogP contribution is 2.19. The number of benzene rings is 2. The summed E-state index contributed by atoms with van der Waals surface area (Å²) in [5.74, 6) is 0.283. The van der Waals surface area contributed by atoms with Gasteiger partial charge in [-0.05, 0) is 36.6 Å². The predicted octanol–water partition coefficient (Wildman–Crippen LogP) is 3.95. The van der Waals surface area contributed by atoms with Gasteiger partial charge in [0, 0.05) is 17.8 Å². The lowest BCUT2D eigenvalue weighted by atomic mass is 10.1. The van der Waals surface area contributed by atoms with Crippen LogP contribution < -0.4 is 10.1 Å². The van der Waals surface area contributed by atoms with E-state index in [1.807, 2.05) is 31.2 Å². The molecule has 24 heavy (non-hydrogen) atoms. The summed E-state index contributed by atoms with van der Waals surface area (Å²) in [7, 11) is 0. The molecule has 126 valence electrons. The third-order valence-electron chi connectivity index (χ3n) is 3.60. The summed E-state index contributed by atoms with van der Waals surface area (Å²) in [5.41, 5.74) is 1.49. The van der Waals surface area contributed by atoms with Gasteiger partial charge in [-0.15, -0.1) is 0 Å². The van der Waals surface area contributed by atoms with E-state index in [1.54, 1.807) is 6.07 Å². The van der Waals surface area contributed by atoms with Crippen LogP contribution in [0.1, 0.15) is 25.8 Å². The maximum absolute atomic E-state index is 12.3. The Morgan fingerprint density at radius 2 is 1.92 bits per heavy atom. The van der Waals surface area contributed by atoms with Gasteiger partial charge in [-0.2, -0.15) is 0 Å². The Labute approximate surface area is 140 Å². The molecule has 2 aromatic carbocycles. The lowest BCUT2D eigenvalue weighted by Gasteiger charge is -2.17. The summed E-state index contributed by atoms with van der Waals surface area (Å²) in [6, 6.07) is 13.4. The number of nitro benzene ring substituents is 1. The van der Waals surface area contributed by atoms with Gasteiger partial charge in [0.15, 0.2) is 6.10 Å². The Morgan fingerprint density at radius 1 is 1.21 bits per heavy atom. The van der Waals surface area contributed by atoms with Crippen molar-refractivity contribution in [3.8, 4) is 5.75 Å². The molecule has 0 bridgehead atoms. The zero-order valence-electron chi connectivity index (χ0n) is 13.7. The number of carbonyl (C=O) groups excluding carboxylic acids is 1. The number of nitrogens with one attached hydrogen (secondary N) is 1. The molecule has 2 rings (SSSR count). The minimum absolute atomic E-state index is 0.0723. The smallest absolute Gasteiger partial charge is 0.271 e. The van der Waals surface area contributed by atoms with E-state index in [1.165, 1.54) is 23.8 Å². The van der Waals surface area contributed by atoms with Gasteiger partial charge in [0.1, 0.15) is 5.75 Å². The van der Waals surface area contributed by atoms with Gasteiger partial charge < -0.3 is 10.1 Å². The molecule has 0 fully saturated rings. The van der Waals surface area contributed by atoms with Crippen molar-refractivity contribution in [2.24, 2.45) is 0 Å². The first-order valence-corrected chi connectivity index (χ1v) is 7.84. The summed E-state index contributed by atoms with van der Waals surface area (Å²) in [6.45, 7) is 3.91. The van der Waals surface area contributed by atoms with Crippen LogP contribution in [0, 0.1) is 10.1 Å². The molecular weight excluding hydrogens is 308 g/mol. The van der Waals surface area contributed by atoms with Crippen LogP contribution >= 0.6 is 0 Å². The van der Waals surface area contributed by atoms with Crippen molar-refractivity contribution in [2.45, 2.75) is 32.8 Å². The van der Waals surface area contributed by atoms with Gasteiger partial charge in [0.05, 0.1) is 4.92 Å². The van der Waals surface area contributed by atoms with E-state index >= 15 is 0 Å². The number of hydrogen-bond acceptors (Lipinski definition) is 4. The fraction of sp³-hybridized carbons (Fsp3) is 0.278. The molecule has 0 heterocycles. The van der Waals surface area contributed by atoms with Gasteiger partial charge in [0.2, 0.25) is 0 Å². The quantitative estimate of drug-likeness (QED) is 0.616. The van der Waals surface area contributed by atoms with E-state index in [9.17, 15) is 14.9 Å². The van der Waals surface area contributed by atoms with E-state index in [2.05, 4.69) is 12.2 Å². The molecule has 6 nitrogen and oxygen atoms in total. The van der Waals surface area contributed by atoms with Gasteiger partial charge in [-0.3, -0.25) is 14.9 Å². The van der Waals surface area contributed by atoms with Crippen molar-refractivity contribution < 1.29 is 14.5 Å². The van der Waals surface area contributed by atoms with Crippen molar-refractivity contribution >= 4 is 17.3 Å². The highest BCUT2D eigenvalue weighted by atomic mass is 16.6. The number of non-ortho nitro benzene ring substituents is 1. The second kappa shape index (κ2) is 8.10. The van der Waals surface area contributed by atoms with Crippen LogP contribution in [-0.4, -0.2) is 16.9 Å². The molecular formula is C18H20N2O4. The fourth-order valence-corrected chi connectivity index (χ4v) is 2.21. The topological polar surface area (TPSA) is 81.5 Å². The molecule has 6 heteroatoms. The minimum Gasteiger partial charge on any atom is -0.481 e. The Balaban J connectivity index is 2.05. The standard InChI is InChI=1S/C18H20N2O4/c1-3-13-8-10-16(11-9-13)24-17(4-2)18(21)19-14-6-5-7-15(12-14)20(22)23/h5-12,17H,3-4H2,1-2H3,(H,19,21)/t17-/m1/s1. The van der Waals surface area contributed by atoms with E-state index in [4.69, 9.17) is 4.74 Å². The van der Waals surface area contributed by atoms with Crippen molar-refractivity contribution in [1.29, 1.82) is 0 Å². The summed E-state index contributed by atoms with van der Waals surface area (Å²) >= 11 is 0. The van der Waals surface area contributed by atoms with Crippen molar-refractivity contribution in [3.05, 3.63) is 64.2 Å². The van der Waals surface area contributed by atoms with E-state index in [-0.39, 0.29) is 11.6 Å². The molecule has 0 saturated carbocycles. The molecule has 2 aromatic rings. The normalized spacial score (nSPS) is 11.6. The summed E-state index contributed by atoms with van der Waals surface area (Å²) < 4.78 is 5.73. The molecule has 0 saturated heterocycles. The van der Waals surface area contributed by atoms with Gasteiger partial charge in [-0.25, -0.2) is 0 Å². The summed E-state index contributed by atoms with van der Waals surface area (Å²) in [4.78, 5) is 22.6. The minimum atomic E-state index is -0.670. The van der Waals surface area contributed by atoms with Crippen LogP contribution in [0.15, 0.2) is 48.5 Å². The lowest BCUT2D eigenvalue weighted by Crippen LogP contribution is -2.32. The average molecular weight is 328 g/mol. The number of rotatable bonds is 7. The maximum Gasteiger partial charge on any atom is 0.271 e. The first-order chi connectivity index (χ1) is 11.5. The zero-order valence-corrected chi connectivity index (χ0v) is 13.7. The van der Waals surface area contributed by atoms with Gasteiger partial charge >= 0.3 is 0 Å². The molecule has 0 aromatic heterocycles. The van der Waals surface area contributed by atoms with E-state index in [0.717, 1.165) is 6.42 Å². The number of nitrogens with zero attached hydrogens (tertiary/aromatic N) is 1. The molecule has 0 aliphatic rings. The monoisotopic (exact) mass is 328 g/mol. The predicted molar refractivity (Wildman–Crippen MR) is 92.3 cm³/mol. The maximum atomic E-state index is 12.3. The fourth-order valence-electron chi connectivity index (χ4n) is 2.21. The first kappa shape index (κ1) is 17.5. The SMILES string of the molecule is CCc1ccc(O[C@H](CC)C(=O)Nc2cccc([N+](=O)[O-])c2)cc1. The molecule has 0 spiro atoms. The number of nitro groups is 1. The van der Waals surface area contributed by atoms with Crippen LogP contribution in [0.4, 0.5) is 11.4 Å². The Morgan fingerprint density at radius 3 is 2.50 bits per heavy atom. The number of hydrogen-bond donors (Lipinski definition) is 1. The van der Waals surface area contributed by atoms with E-state index < -0.39 is 11.0 Å². The number of aryl methyl sites for hydroxylation is 1. The second-order valence-electron chi connectivity index (χ2n) is 5.31. The lowest BCUT2D eigenvalue weighted by molar-refractivity contribution is -0.384. The Bertz CT molecular complexity index is 713. The van der Waals surface area contributed by atoms with Crippen molar-refractivity contribution in [3.63, 3.8) is 0 Å². The molecule has 0 aliphatic heterocycles. The summed E-state index contributed by atoms with van der Waals surface area (Å²) in [5, 5.41) is 13.5. The molecule has 0 aliphatic carbocycles. The number of ether oxygens (including phenoxy) is 1. The zero-order chi connectivity index (χ0) is 17.5. The average Bonchev–Trinajstić information content (AvgIpc) is 2.60. The highest BCUT2D eigenvalue weighted by molar-refractivity contribution is 5.94. The molecule has 0 radical (unpaired) electrons. The van der Waals surface area contributed by atoms with Gasteiger partial charge in [0.25, 0.3) is 11.6 Å². The number of amides is 1. The Hall–Kier alpha value is -2.89. The number of carbonyl (C=O) groups is 1. The van der Waals surface area contributed by atoms with Gasteiger partial charge in [-0.1, -0.05) is 32.0 Å². The largest absolute Gasteiger partial charge is 0.481 e. The molecule has 1 N–H and O–H groups in total. The second-order valence-corrected chi connectivity index (χ2v) is 5.31. The van der Waals surface area contributed by atoms with Crippen LogP contribution in [0.2, 0.25) is 0 Å². The summed E-state index contributed by atoms with van der Waals surface area (Å²) in [6.07, 6.45) is 0.748. The molecule has 1 atom stereocenters. The van der Waals surface area contributed by atoms with E-state index in [0.29, 0.717) is 17.9 Å². The molecule has 1 amide bonds.